The van der Waals surface area contributed by atoms with E-state index in [0.717, 1.165) is 44.7 Å². The molecule has 26 heavy (non-hydrogen) atoms. The van der Waals surface area contributed by atoms with Gasteiger partial charge in [-0.25, -0.2) is 0 Å². The normalized spacial score (nSPS) is 23.0. The Bertz CT molecular complexity index is 749. The van der Waals surface area contributed by atoms with Crippen LogP contribution in [0, 0.1) is 5.41 Å². The smallest absolute Gasteiger partial charge is 0.257 e. The molecule has 2 aliphatic heterocycles. The van der Waals surface area contributed by atoms with Gasteiger partial charge in [-0.1, -0.05) is 5.16 Å². The fourth-order valence-electron chi connectivity index (χ4n) is 4.26. The van der Waals surface area contributed by atoms with Crippen molar-refractivity contribution in [2.75, 3.05) is 33.8 Å². The van der Waals surface area contributed by atoms with E-state index >= 15 is 0 Å². The zero-order valence-electron chi connectivity index (χ0n) is 15.2. The lowest BCUT2D eigenvalue weighted by Gasteiger charge is -2.39. The number of aromatic nitrogens is 2. The lowest BCUT2D eigenvalue weighted by molar-refractivity contribution is 0.0592. The monoisotopic (exact) mass is 360 g/mol. The highest BCUT2D eigenvalue weighted by atomic mass is 16.5. The first kappa shape index (κ1) is 17.2. The average molecular weight is 360 g/mol. The molecule has 2 aromatic rings. The van der Waals surface area contributed by atoms with Crippen LogP contribution >= 0.6 is 0 Å². The van der Waals surface area contributed by atoms with E-state index in [1.54, 1.807) is 13.2 Å². The van der Waals surface area contributed by atoms with E-state index in [0.29, 0.717) is 18.1 Å². The van der Waals surface area contributed by atoms with Crippen molar-refractivity contribution in [3.63, 3.8) is 0 Å². The van der Waals surface area contributed by atoms with Gasteiger partial charge >= 0.3 is 0 Å². The van der Waals surface area contributed by atoms with Crippen LogP contribution in [0.25, 0.3) is 0 Å². The second-order valence-electron chi connectivity index (χ2n) is 7.42. The first-order valence-electron chi connectivity index (χ1n) is 8.93. The minimum absolute atomic E-state index is 0.0545. The van der Waals surface area contributed by atoms with Crippen LogP contribution in [0.3, 0.4) is 0 Å². The predicted molar refractivity (Wildman–Crippen MR) is 91.3 cm³/mol. The quantitative estimate of drug-likeness (QED) is 0.825. The van der Waals surface area contributed by atoms with Crippen molar-refractivity contribution in [3.05, 3.63) is 35.9 Å². The van der Waals surface area contributed by atoms with Crippen molar-refractivity contribution in [2.24, 2.45) is 5.41 Å². The van der Waals surface area contributed by atoms with E-state index in [4.69, 9.17) is 13.7 Å². The van der Waals surface area contributed by atoms with E-state index in [1.807, 2.05) is 4.90 Å². The Morgan fingerprint density at radius 3 is 2.92 bits per heavy atom. The molecule has 0 saturated carbocycles. The molecular formula is C18H24N4O4. The molecule has 0 N–H and O–H groups in total. The second kappa shape index (κ2) is 6.85. The number of methoxy groups -OCH3 is 1. The average Bonchev–Trinajstić information content (AvgIpc) is 3.36. The molecule has 2 saturated heterocycles. The molecule has 1 amide bonds. The number of nitrogens with zero attached hydrogens (tertiary/aromatic N) is 4. The fourth-order valence-corrected chi connectivity index (χ4v) is 4.26. The summed E-state index contributed by atoms with van der Waals surface area (Å²) in [6, 6.07) is 1.88. The summed E-state index contributed by atoms with van der Waals surface area (Å²) >= 11 is 0. The molecule has 4 heterocycles. The lowest BCUT2D eigenvalue weighted by Crippen LogP contribution is -2.44. The highest BCUT2D eigenvalue weighted by Gasteiger charge is 2.46. The van der Waals surface area contributed by atoms with E-state index in [2.05, 4.69) is 22.1 Å². The summed E-state index contributed by atoms with van der Waals surface area (Å²) in [5.74, 6) is 1.30. The van der Waals surface area contributed by atoms with E-state index in [1.165, 1.54) is 12.5 Å². The molecule has 0 radical (unpaired) electrons. The van der Waals surface area contributed by atoms with Crippen molar-refractivity contribution in [1.29, 1.82) is 0 Å². The third kappa shape index (κ3) is 3.14. The second-order valence-corrected chi connectivity index (χ2v) is 7.42. The number of likely N-dealkylation sites (tertiary alicyclic amines) is 2. The summed E-state index contributed by atoms with van der Waals surface area (Å²) in [7, 11) is 3.72. The standard InChI is InChI=1S/C18H24N4O4/c1-21-12-18(9-14(21)16-19-15(11-24-2)26-20-16)4-6-22(7-5-18)17(23)13-3-8-25-10-13/h3,8,10,14H,4-7,9,11-12H2,1-2H3. The number of rotatable bonds is 4. The van der Waals surface area contributed by atoms with Crippen molar-refractivity contribution >= 4 is 5.91 Å². The number of hydrogen-bond acceptors (Lipinski definition) is 7. The van der Waals surface area contributed by atoms with E-state index < -0.39 is 0 Å². The van der Waals surface area contributed by atoms with Gasteiger partial charge in [0.1, 0.15) is 12.9 Å². The van der Waals surface area contributed by atoms with Gasteiger partial charge in [-0.15, -0.1) is 0 Å². The zero-order valence-corrected chi connectivity index (χ0v) is 15.2. The van der Waals surface area contributed by atoms with Gasteiger partial charge in [-0.3, -0.25) is 9.69 Å². The molecule has 2 aromatic heterocycles. The zero-order chi connectivity index (χ0) is 18.1. The largest absolute Gasteiger partial charge is 0.472 e. The SMILES string of the molecule is COCc1nc(C2CC3(CCN(C(=O)c4ccoc4)CC3)CN2C)no1. The molecule has 4 rings (SSSR count). The van der Waals surface area contributed by atoms with Gasteiger partial charge in [0.15, 0.2) is 5.82 Å². The number of amides is 1. The molecule has 2 fully saturated rings. The van der Waals surface area contributed by atoms with Gasteiger partial charge in [0.05, 0.1) is 17.9 Å². The maximum Gasteiger partial charge on any atom is 0.257 e. The van der Waals surface area contributed by atoms with Crippen molar-refractivity contribution in [2.45, 2.75) is 31.9 Å². The van der Waals surface area contributed by atoms with E-state index in [-0.39, 0.29) is 17.4 Å². The first-order valence-corrected chi connectivity index (χ1v) is 8.93. The highest BCUT2D eigenvalue weighted by molar-refractivity contribution is 5.93. The Labute approximate surface area is 152 Å². The predicted octanol–water partition coefficient (Wildman–Crippen LogP) is 2.11. The molecular weight excluding hydrogens is 336 g/mol. The first-order chi connectivity index (χ1) is 12.6. The maximum absolute atomic E-state index is 12.5. The van der Waals surface area contributed by atoms with Gasteiger partial charge in [0.2, 0.25) is 0 Å². The molecule has 1 spiro atoms. The molecule has 1 unspecified atom stereocenters. The van der Waals surface area contributed by atoms with Gasteiger partial charge in [0, 0.05) is 26.7 Å². The molecule has 8 heteroatoms. The summed E-state index contributed by atoms with van der Waals surface area (Å²) in [6.07, 6.45) is 6.02. The third-order valence-corrected chi connectivity index (χ3v) is 5.67. The minimum atomic E-state index is 0.0545. The Kier molecular flexibility index (Phi) is 4.54. The number of carbonyl (C=O) groups is 1. The number of carbonyl (C=O) groups excluding carboxylic acids is 1. The molecule has 2 aliphatic rings. The number of furan rings is 1. The molecule has 140 valence electrons. The lowest BCUT2D eigenvalue weighted by atomic mass is 9.76. The number of piperidine rings is 1. The summed E-state index contributed by atoms with van der Waals surface area (Å²) in [6.45, 7) is 2.86. The minimum Gasteiger partial charge on any atom is -0.472 e. The molecule has 1 atom stereocenters. The maximum atomic E-state index is 12.5. The Morgan fingerprint density at radius 2 is 2.23 bits per heavy atom. The summed E-state index contributed by atoms with van der Waals surface area (Å²) in [5.41, 5.74) is 0.828. The van der Waals surface area contributed by atoms with Crippen LogP contribution in [0.1, 0.15) is 47.4 Å². The van der Waals surface area contributed by atoms with Gasteiger partial charge in [-0.05, 0) is 37.8 Å². The summed E-state index contributed by atoms with van der Waals surface area (Å²) < 4.78 is 15.3. The van der Waals surface area contributed by atoms with Crippen LogP contribution in [0.15, 0.2) is 27.5 Å². The van der Waals surface area contributed by atoms with Crippen LogP contribution in [0.5, 0.6) is 0 Å². The Morgan fingerprint density at radius 1 is 1.42 bits per heavy atom. The van der Waals surface area contributed by atoms with Crippen LogP contribution < -0.4 is 0 Å². The van der Waals surface area contributed by atoms with Gasteiger partial charge < -0.3 is 18.6 Å². The highest BCUT2D eigenvalue weighted by Crippen LogP contribution is 2.47. The van der Waals surface area contributed by atoms with Crippen LogP contribution in [0.2, 0.25) is 0 Å². The van der Waals surface area contributed by atoms with Crippen molar-refractivity contribution in [3.8, 4) is 0 Å². The van der Waals surface area contributed by atoms with Crippen LogP contribution in [-0.4, -0.2) is 59.6 Å². The summed E-state index contributed by atoms with van der Waals surface area (Å²) in [4.78, 5) is 21.2. The molecule has 0 aliphatic carbocycles. The fraction of sp³-hybridized carbons (Fsp3) is 0.611. The van der Waals surface area contributed by atoms with Crippen LogP contribution in [-0.2, 0) is 11.3 Å². The van der Waals surface area contributed by atoms with E-state index in [9.17, 15) is 4.79 Å². The molecule has 8 nitrogen and oxygen atoms in total. The van der Waals surface area contributed by atoms with Crippen molar-refractivity contribution < 1.29 is 18.5 Å². The Hall–Kier alpha value is -2.19. The van der Waals surface area contributed by atoms with Gasteiger partial charge in [-0.2, -0.15) is 4.98 Å². The molecule has 0 bridgehead atoms. The van der Waals surface area contributed by atoms with Gasteiger partial charge in [0.25, 0.3) is 11.8 Å². The summed E-state index contributed by atoms with van der Waals surface area (Å²) in [5, 5.41) is 4.14. The van der Waals surface area contributed by atoms with Crippen LogP contribution in [0.4, 0.5) is 0 Å². The topological polar surface area (TPSA) is 84.8 Å². The third-order valence-electron chi connectivity index (χ3n) is 5.67. The number of ether oxygens (including phenoxy) is 1. The molecule has 0 aromatic carbocycles. The van der Waals surface area contributed by atoms with Crippen molar-refractivity contribution in [1.82, 2.24) is 19.9 Å². The number of hydrogen-bond donors (Lipinski definition) is 0. The Balaban J connectivity index is 1.40.